The maximum atomic E-state index is 7.09. The van der Waals surface area contributed by atoms with E-state index in [0.29, 0.717) is 0 Å². The Kier molecular flexibility index (Phi) is 7.91. The highest BCUT2D eigenvalue weighted by molar-refractivity contribution is 7.25. The standard InChI is InChI=1S/C57H39N3OS/c1-34-23-27-48(36-14-3-2-4-15-36)58-57(39-25-28-53-46(30-39)43-20-10-12-22-52(43)62-53)59-55(34)47-32-40(33-51-54(47)44-26-24-35-13-7-8-18-41(35)56(44)61-51)60-49-21-11-9-19-42(49)45-29-37-16-5-6-17-38(37)31-50(45)60/h2-22,24-26,28-34,48H,23,27H2,1H3. The molecule has 2 unspecified atom stereocenters. The van der Waals surface area contributed by atoms with Crippen molar-refractivity contribution in [2.75, 3.05) is 0 Å². The number of amidine groups is 1. The molecule has 294 valence electrons. The van der Waals surface area contributed by atoms with Crippen LogP contribution in [0.15, 0.2) is 196 Å². The number of thiophene rings is 1. The molecule has 0 saturated carbocycles. The Bertz CT molecular complexity index is 3850. The minimum absolute atomic E-state index is 0.0197. The van der Waals surface area contributed by atoms with Gasteiger partial charge < -0.3 is 8.98 Å². The fourth-order valence-corrected chi connectivity index (χ4v) is 11.2. The molecule has 4 heterocycles. The summed E-state index contributed by atoms with van der Waals surface area (Å²) in [5.41, 5.74) is 9.46. The van der Waals surface area contributed by atoms with Crippen LogP contribution >= 0.6 is 11.3 Å². The average Bonchev–Trinajstić information content (AvgIpc) is 3.99. The molecule has 0 saturated heterocycles. The van der Waals surface area contributed by atoms with Crippen LogP contribution in [-0.2, 0) is 0 Å². The Morgan fingerprint density at radius 3 is 2.15 bits per heavy atom. The number of aliphatic imine (C=N–C) groups is 2. The molecule has 0 N–H and O–H groups in total. The molecular weight excluding hydrogens is 775 g/mol. The Morgan fingerprint density at radius 2 is 1.27 bits per heavy atom. The van der Waals surface area contributed by atoms with Gasteiger partial charge >= 0.3 is 0 Å². The van der Waals surface area contributed by atoms with Gasteiger partial charge in [0.05, 0.1) is 28.5 Å². The van der Waals surface area contributed by atoms with Gasteiger partial charge in [0.15, 0.2) is 5.84 Å². The van der Waals surface area contributed by atoms with Crippen LogP contribution in [0, 0.1) is 5.92 Å². The molecule has 0 fully saturated rings. The lowest BCUT2D eigenvalue weighted by Crippen LogP contribution is -2.20. The molecule has 62 heavy (non-hydrogen) atoms. The molecule has 1 aliphatic rings. The molecule has 5 heteroatoms. The number of benzene rings is 9. The maximum Gasteiger partial charge on any atom is 0.155 e. The van der Waals surface area contributed by atoms with Gasteiger partial charge in [0.1, 0.15) is 11.2 Å². The van der Waals surface area contributed by atoms with Gasteiger partial charge in [-0.25, -0.2) is 4.99 Å². The zero-order valence-corrected chi connectivity index (χ0v) is 34.9. The molecule has 12 aromatic rings. The first-order valence-corrected chi connectivity index (χ1v) is 22.4. The lowest BCUT2D eigenvalue weighted by atomic mass is 9.87. The van der Waals surface area contributed by atoms with Gasteiger partial charge in [-0.2, -0.15) is 0 Å². The molecule has 0 amide bonds. The zero-order chi connectivity index (χ0) is 40.9. The molecule has 0 aliphatic carbocycles. The summed E-state index contributed by atoms with van der Waals surface area (Å²) >= 11 is 1.84. The highest BCUT2D eigenvalue weighted by Crippen LogP contribution is 2.42. The number of hydrogen-bond acceptors (Lipinski definition) is 4. The van der Waals surface area contributed by atoms with E-state index < -0.39 is 0 Å². The van der Waals surface area contributed by atoms with Crippen LogP contribution < -0.4 is 0 Å². The second-order valence-corrected chi connectivity index (χ2v) is 17.9. The summed E-state index contributed by atoms with van der Waals surface area (Å²) in [4.78, 5) is 11.4. The van der Waals surface area contributed by atoms with E-state index in [1.54, 1.807) is 0 Å². The molecule has 4 nitrogen and oxygen atoms in total. The molecule has 13 rings (SSSR count). The molecule has 9 aromatic carbocycles. The third kappa shape index (κ3) is 5.51. The van der Waals surface area contributed by atoms with Crippen molar-refractivity contribution in [1.82, 2.24) is 4.57 Å². The van der Waals surface area contributed by atoms with Crippen LogP contribution in [0.25, 0.3) is 91.1 Å². The minimum atomic E-state index is -0.0197. The summed E-state index contributed by atoms with van der Waals surface area (Å²) in [7, 11) is 0. The van der Waals surface area contributed by atoms with Crippen molar-refractivity contribution in [3.05, 3.63) is 199 Å². The summed E-state index contributed by atoms with van der Waals surface area (Å²) in [6, 6.07) is 66.0. The van der Waals surface area contributed by atoms with Gasteiger partial charge in [-0.3, -0.25) is 4.99 Å². The summed E-state index contributed by atoms with van der Waals surface area (Å²) < 4.78 is 12.1. The van der Waals surface area contributed by atoms with Gasteiger partial charge in [-0.05, 0) is 95.1 Å². The number of rotatable bonds is 4. The Hall–Kier alpha value is -7.34. The molecule has 0 radical (unpaired) electrons. The van der Waals surface area contributed by atoms with Crippen molar-refractivity contribution in [3.8, 4) is 5.69 Å². The Labute approximate surface area is 361 Å². The van der Waals surface area contributed by atoms with Gasteiger partial charge in [0, 0.05) is 64.3 Å². The van der Waals surface area contributed by atoms with E-state index in [0.717, 1.165) is 84.9 Å². The van der Waals surface area contributed by atoms with Crippen LogP contribution in [0.2, 0.25) is 0 Å². The van der Waals surface area contributed by atoms with Crippen LogP contribution in [0.5, 0.6) is 0 Å². The van der Waals surface area contributed by atoms with Crippen LogP contribution in [0.3, 0.4) is 0 Å². The predicted octanol–water partition coefficient (Wildman–Crippen LogP) is 15.8. The Morgan fingerprint density at radius 1 is 0.548 bits per heavy atom. The van der Waals surface area contributed by atoms with E-state index in [1.807, 2.05) is 11.3 Å². The number of para-hydroxylation sites is 1. The predicted molar refractivity (Wildman–Crippen MR) is 263 cm³/mol. The fraction of sp³-hybridized carbons (Fsp3) is 0.0877. The number of nitrogens with zero attached hydrogens (tertiary/aromatic N) is 3. The minimum Gasteiger partial charge on any atom is -0.455 e. The van der Waals surface area contributed by atoms with Crippen molar-refractivity contribution in [1.29, 1.82) is 0 Å². The SMILES string of the molecule is CC1CCC(c2ccccc2)N=C(c2ccc3sc4ccccc4c3c2)N=C1c1cc(-n2c3ccccc3c3cc4ccccc4cc32)cc2oc3c4ccccc4ccc3c12. The van der Waals surface area contributed by atoms with Crippen LogP contribution in [0.1, 0.15) is 42.5 Å². The Balaban J connectivity index is 1.12. The summed E-state index contributed by atoms with van der Waals surface area (Å²) in [6.45, 7) is 2.35. The van der Waals surface area contributed by atoms with Crippen molar-refractivity contribution < 1.29 is 4.42 Å². The zero-order valence-electron chi connectivity index (χ0n) is 34.0. The van der Waals surface area contributed by atoms with E-state index in [1.165, 1.54) is 47.3 Å². The topological polar surface area (TPSA) is 42.8 Å². The monoisotopic (exact) mass is 813 g/mol. The quantitative estimate of drug-likeness (QED) is 0.174. The number of hydrogen-bond donors (Lipinski definition) is 0. The van der Waals surface area contributed by atoms with Gasteiger partial charge in [0.25, 0.3) is 0 Å². The van der Waals surface area contributed by atoms with Crippen molar-refractivity contribution >= 4 is 108 Å². The molecule has 1 aliphatic heterocycles. The lowest BCUT2D eigenvalue weighted by molar-refractivity contribution is 0.555. The van der Waals surface area contributed by atoms with Crippen molar-refractivity contribution in [3.63, 3.8) is 0 Å². The third-order valence-corrected chi connectivity index (χ3v) is 14.3. The molecule has 0 bridgehead atoms. The fourth-order valence-electron chi connectivity index (χ4n) is 10.1. The van der Waals surface area contributed by atoms with E-state index >= 15 is 0 Å². The number of fused-ring (bicyclic) bond motifs is 12. The van der Waals surface area contributed by atoms with Crippen LogP contribution in [-0.4, -0.2) is 16.1 Å². The largest absolute Gasteiger partial charge is 0.455 e. The second-order valence-electron chi connectivity index (χ2n) is 16.9. The number of furan rings is 1. The molecule has 3 aromatic heterocycles. The summed E-state index contributed by atoms with van der Waals surface area (Å²) in [5, 5.41) is 11.8. The van der Waals surface area contributed by atoms with E-state index in [2.05, 4.69) is 193 Å². The summed E-state index contributed by atoms with van der Waals surface area (Å²) in [5.74, 6) is 0.876. The molecule has 2 atom stereocenters. The van der Waals surface area contributed by atoms with Crippen molar-refractivity contribution in [2.45, 2.75) is 25.8 Å². The van der Waals surface area contributed by atoms with Crippen LogP contribution in [0.4, 0.5) is 0 Å². The first-order chi connectivity index (χ1) is 30.6. The van der Waals surface area contributed by atoms with Gasteiger partial charge in [0.2, 0.25) is 0 Å². The summed E-state index contributed by atoms with van der Waals surface area (Å²) in [6.07, 6.45) is 1.83. The molecule has 0 spiro atoms. The third-order valence-electron chi connectivity index (χ3n) is 13.2. The first-order valence-electron chi connectivity index (χ1n) is 21.6. The average molecular weight is 814 g/mol. The van der Waals surface area contributed by atoms with E-state index in [-0.39, 0.29) is 12.0 Å². The lowest BCUT2D eigenvalue weighted by Gasteiger charge is -2.24. The number of aromatic nitrogens is 1. The maximum absolute atomic E-state index is 7.09. The van der Waals surface area contributed by atoms with Gasteiger partial charge in [-0.15, -0.1) is 11.3 Å². The van der Waals surface area contributed by atoms with Crippen molar-refractivity contribution in [2.24, 2.45) is 15.9 Å². The highest BCUT2D eigenvalue weighted by Gasteiger charge is 2.27. The second kappa shape index (κ2) is 13.8. The smallest absolute Gasteiger partial charge is 0.155 e. The van der Waals surface area contributed by atoms with Gasteiger partial charge in [-0.1, -0.05) is 128 Å². The first kappa shape index (κ1) is 35.4. The molecular formula is C57H39N3OS. The normalized spacial score (nSPS) is 16.2. The highest BCUT2D eigenvalue weighted by atomic mass is 32.1. The van der Waals surface area contributed by atoms with E-state index in [9.17, 15) is 0 Å². The van der Waals surface area contributed by atoms with E-state index in [4.69, 9.17) is 14.4 Å².